The molecule has 0 aliphatic heterocycles. The molecular formula is C14H8F3N3O. The minimum absolute atomic E-state index is 0.112. The lowest BCUT2D eigenvalue weighted by molar-refractivity contribution is 0.377. The van der Waals surface area contributed by atoms with Gasteiger partial charge in [-0.25, -0.2) is 8.78 Å². The van der Waals surface area contributed by atoms with Gasteiger partial charge in [-0.3, -0.25) is 10.1 Å². The van der Waals surface area contributed by atoms with Gasteiger partial charge in [-0.1, -0.05) is 0 Å². The zero-order valence-corrected chi connectivity index (χ0v) is 10.4. The molecule has 1 aromatic carbocycles. The first-order valence-electron chi connectivity index (χ1n) is 5.90. The number of nitrogens with zero attached hydrogens (tertiary/aromatic N) is 2. The lowest BCUT2D eigenvalue weighted by atomic mass is 10.1. The monoisotopic (exact) mass is 291 g/mol. The zero-order valence-electron chi connectivity index (χ0n) is 10.4. The molecule has 2 heterocycles. The van der Waals surface area contributed by atoms with Crippen LogP contribution in [-0.4, -0.2) is 20.3 Å². The molecule has 0 unspecified atom stereocenters. The van der Waals surface area contributed by atoms with Crippen LogP contribution in [0, 0.1) is 17.5 Å². The predicted octanol–water partition coefficient (Wildman–Crippen LogP) is 3.26. The van der Waals surface area contributed by atoms with E-state index in [0.717, 1.165) is 0 Å². The Hall–Kier alpha value is -2.83. The highest BCUT2D eigenvalue weighted by molar-refractivity contribution is 5.69. The number of aromatic hydroxyl groups is 1. The highest BCUT2D eigenvalue weighted by Gasteiger charge is 2.20. The summed E-state index contributed by atoms with van der Waals surface area (Å²) in [6.07, 6.45) is 3.14. The summed E-state index contributed by atoms with van der Waals surface area (Å²) in [5.74, 6) is -5.58. The molecule has 3 aromatic rings. The maximum absolute atomic E-state index is 13.8. The standard InChI is InChI=1S/C14H8F3N3O/c15-9-4-8(12(16)14(21)13(9)17)11-5-10(19-20-11)7-2-1-3-18-6-7/h1-6,21H,(H,19,20). The van der Waals surface area contributed by atoms with E-state index in [1.54, 1.807) is 24.5 Å². The molecule has 4 nitrogen and oxygen atoms in total. The Labute approximate surface area is 116 Å². The molecule has 0 saturated heterocycles. The Morgan fingerprint density at radius 3 is 2.62 bits per heavy atom. The summed E-state index contributed by atoms with van der Waals surface area (Å²) in [5, 5.41) is 15.7. The molecule has 0 saturated carbocycles. The Morgan fingerprint density at radius 1 is 1.10 bits per heavy atom. The van der Waals surface area contributed by atoms with Crippen LogP contribution in [0.3, 0.4) is 0 Å². The van der Waals surface area contributed by atoms with Crippen LogP contribution in [0.2, 0.25) is 0 Å². The number of pyridine rings is 1. The number of aromatic amines is 1. The van der Waals surface area contributed by atoms with Crippen molar-refractivity contribution in [2.75, 3.05) is 0 Å². The van der Waals surface area contributed by atoms with Crippen LogP contribution in [0.25, 0.3) is 22.5 Å². The number of hydrogen-bond acceptors (Lipinski definition) is 3. The average Bonchev–Trinajstić information content (AvgIpc) is 2.99. The van der Waals surface area contributed by atoms with Gasteiger partial charge in [-0.2, -0.15) is 9.49 Å². The molecule has 0 spiro atoms. The van der Waals surface area contributed by atoms with E-state index in [1.165, 1.54) is 6.07 Å². The summed E-state index contributed by atoms with van der Waals surface area (Å²) >= 11 is 0. The second kappa shape index (κ2) is 4.93. The lowest BCUT2D eigenvalue weighted by Gasteiger charge is -2.04. The van der Waals surface area contributed by atoms with Crippen molar-refractivity contribution >= 4 is 0 Å². The molecule has 0 amide bonds. The highest BCUT2D eigenvalue weighted by atomic mass is 19.2. The molecule has 21 heavy (non-hydrogen) atoms. The molecule has 7 heteroatoms. The van der Waals surface area contributed by atoms with E-state index < -0.39 is 23.2 Å². The van der Waals surface area contributed by atoms with Crippen molar-refractivity contribution in [3.8, 4) is 28.3 Å². The minimum Gasteiger partial charge on any atom is -0.503 e. The van der Waals surface area contributed by atoms with Crippen LogP contribution in [0.1, 0.15) is 0 Å². The smallest absolute Gasteiger partial charge is 0.203 e. The number of hydrogen-bond donors (Lipinski definition) is 2. The van der Waals surface area contributed by atoms with E-state index >= 15 is 0 Å². The topological polar surface area (TPSA) is 61.8 Å². The van der Waals surface area contributed by atoms with Gasteiger partial charge in [-0.05, 0) is 24.3 Å². The Morgan fingerprint density at radius 2 is 1.90 bits per heavy atom. The summed E-state index contributed by atoms with van der Waals surface area (Å²) in [5.41, 5.74) is 0.934. The normalized spacial score (nSPS) is 10.8. The van der Waals surface area contributed by atoms with Gasteiger partial charge in [0.2, 0.25) is 5.82 Å². The molecule has 0 aliphatic carbocycles. The van der Waals surface area contributed by atoms with Crippen molar-refractivity contribution in [2.24, 2.45) is 0 Å². The van der Waals surface area contributed by atoms with E-state index in [0.29, 0.717) is 17.3 Å². The number of rotatable bonds is 2. The van der Waals surface area contributed by atoms with E-state index in [2.05, 4.69) is 15.2 Å². The number of H-pyrrole nitrogens is 1. The fourth-order valence-electron chi connectivity index (χ4n) is 1.91. The van der Waals surface area contributed by atoms with Crippen LogP contribution >= 0.6 is 0 Å². The fraction of sp³-hybridized carbons (Fsp3) is 0. The van der Waals surface area contributed by atoms with Gasteiger partial charge >= 0.3 is 0 Å². The second-order valence-electron chi connectivity index (χ2n) is 4.29. The van der Waals surface area contributed by atoms with Crippen LogP contribution in [0.5, 0.6) is 5.75 Å². The zero-order chi connectivity index (χ0) is 15.0. The average molecular weight is 291 g/mol. The Balaban J connectivity index is 2.09. The summed E-state index contributed by atoms with van der Waals surface area (Å²) in [7, 11) is 0. The molecule has 2 aromatic heterocycles. The number of phenolic OH excluding ortho intramolecular Hbond substituents is 1. The molecule has 0 aliphatic rings. The first-order chi connectivity index (χ1) is 10.1. The molecular weight excluding hydrogens is 283 g/mol. The SMILES string of the molecule is Oc1c(F)c(F)cc(-c2cc(-c3cccnc3)n[nH]2)c1F. The second-order valence-corrected chi connectivity index (χ2v) is 4.29. The number of halogens is 3. The van der Waals surface area contributed by atoms with Crippen LogP contribution in [-0.2, 0) is 0 Å². The molecule has 0 radical (unpaired) electrons. The summed E-state index contributed by atoms with van der Waals surface area (Å²) in [6.45, 7) is 0. The van der Waals surface area contributed by atoms with E-state index in [9.17, 15) is 18.3 Å². The number of benzene rings is 1. The van der Waals surface area contributed by atoms with Crippen LogP contribution in [0.15, 0.2) is 36.7 Å². The highest BCUT2D eigenvalue weighted by Crippen LogP contribution is 2.32. The maximum atomic E-state index is 13.8. The van der Waals surface area contributed by atoms with Crippen molar-refractivity contribution < 1.29 is 18.3 Å². The van der Waals surface area contributed by atoms with Gasteiger partial charge in [0.15, 0.2) is 17.4 Å². The van der Waals surface area contributed by atoms with Gasteiger partial charge in [0.1, 0.15) is 0 Å². The molecule has 0 fully saturated rings. The fourth-order valence-corrected chi connectivity index (χ4v) is 1.91. The summed E-state index contributed by atoms with van der Waals surface area (Å²) in [4.78, 5) is 3.92. The summed E-state index contributed by atoms with van der Waals surface area (Å²) in [6, 6.07) is 5.55. The van der Waals surface area contributed by atoms with E-state index in [1.807, 2.05) is 0 Å². The molecule has 2 N–H and O–H groups in total. The van der Waals surface area contributed by atoms with Crippen molar-refractivity contribution in [1.82, 2.24) is 15.2 Å². The van der Waals surface area contributed by atoms with E-state index in [-0.39, 0.29) is 11.3 Å². The quantitative estimate of drug-likeness (QED) is 0.712. The van der Waals surface area contributed by atoms with Crippen molar-refractivity contribution in [2.45, 2.75) is 0 Å². The minimum atomic E-state index is -1.62. The maximum Gasteiger partial charge on any atom is 0.203 e. The molecule has 3 rings (SSSR count). The number of aromatic nitrogens is 3. The number of nitrogens with one attached hydrogen (secondary N) is 1. The largest absolute Gasteiger partial charge is 0.503 e. The molecule has 0 bridgehead atoms. The summed E-state index contributed by atoms with van der Waals surface area (Å²) < 4.78 is 40.2. The third-order valence-electron chi connectivity index (χ3n) is 2.96. The van der Waals surface area contributed by atoms with Gasteiger partial charge in [0.05, 0.1) is 11.4 Å². The van der Waals surface area contributed by atoms with Gasteiger partial charge in [0.25, 0.3) is 0 Å². The lowest BCUT2D eigenvalue weighted by Crippen LogP contribution is -1.93. The third-order valence-corrected chi connectivity index (χ3v) is 2.96. The molecule has 106 valence electrons. The number of phenols is 1. The van der Waals surface area contributed by atoms with Gasteiger partial charge < -0.3 is 5.11 Å². The Bertz CT molecular complexity index is 803. The Kier molecular flexibility index (Phi) is 3.09. The third kappa shape index (κ3) is 2.22. The van der Waals surface area contributed by atoms with Gasteiger partial charge in [-0.15, -0.1) is 0 Å². The van der Waals surface area contributed by atoms with Crippen LogP contribution < -0.4 is 0 Å². The molecule has 0 atom stereocenters. The van der Waals surface area contributed by atoms with E-state index in [4.69, 9.17) is 0 Å². The van der Waals surface area contributed by atoms with Crippen molar-refractivity contribution in [3.05, 3.63) is 54.1 Å². The van der Waals surface area contributed by atoms with Crippen molar-refractivity contribution in [3.63, 3.8) is 0 Å². The van der Waals surface area contributed by atoms with Crippen molar-refractivity contribution in [1.29, 1.82) is 0 Å². The predicted molar refractivity (Wildman–Crippen MR) is 68.8 cm³/mol. The first kappa shape index (κ1) is 13.2. The van der Waals surface area contributed by atoms with Gasteiger partial charge in [0, 0.05) is 23.5 Å². The van der Waals surface area contributed by atoms with Crippen LogP contribution in [0.4, 0.5) is 13.2 Å². The first-order valence-corrected chi connectivity index (χ1v) is 5.90.